The third kappa shape index (κ3) is 3.09. The van der Waals surface area contributed by atoms with Crippen molar-refractivity contribution in [1.29, 1.82) is 0 Å². The lowest BCUT2D eigenvalue weighted by molar-refractivity contribution is -0.310. The molecule has 0 amide bonds. The van der Waals surface area contributed by atoms with Gasteiger partial charge in [-0.25, -0.2) is 0 Å². The largest absolute Gasteiger partial charge is 0.550 e. The van der Waals surface area contributed by atoms with E-state index in [1.807, 2.05) is 0 Å². The number of nitrogens with two attached hydrogens (primary N) is 1. The molecule has 0 aromatic heterocycles. The third-order valence-electron chi connectivity index (χ3n) is 2.10. The molecule has 1 atom stereocenters. The van der Waals surface area contributed by atoms with Crippen molar-refractivity contribution in [2.75, 3.05) is 5.73 Å². The predicted octanol–water partition coefficient (Wildman–Crippen LogP) is 0.228. The first-order chi connectivity index (χ1) is 7.00. The summed E-state index contributed by atoms with van der Waals surface area (Å²) in [7, 11) is 0. The molecule has 80 valence electrons. The summed E-state index contributed by atoms with van der Waals surface area (Å²) < 4.78 is 0. The number of rotatable bonds is 4. The Morgan fingerprint density at radius 3 is 2.67 bits per heavy atom. The van der Waals surface area contributed by atoms with Crippen LogP contribution in [0.4, 0.5) is 5.69 Å². The molecule has 0 bridgehead atoms. The molecule has 0 spiro atoms. The Bertz CT molecular complexity index is 387. The van der Waals surface area contributed by atoms with Crippen molar-refractivity contribution in [1.82, 2.24) is 0 Å². The topological polar surface area (TPSA) is 83.2 Å². The maximum atomic E-state index is 11.6. The number of nitrogen functional groups attached to an aromatic ring is 1. The van der Waals surface area contributed by atoms with E-state index in [-0.39, 0.29) is 12.2 Å². The molecule has 1 aromatic carbocycles. The highest BCUT2D eigenvalue weighted by Gasteiger charge is 2.11. The van der Waals surface area contributed by atoms with E-state index in [2.05, 4.69) is 0 Å². The van der Waals surface area contributed by atoms with Gasteiger partial charge in [0.1, 0.15) is 0 Å². The normalized spacial score (nSPS) is 12.1. The number of carbonyl (C=O) groups excluding carboxylic acids is 2. The molecule has 0 saturated heterocycles. The summed E-state index contributed by atoms with van der Waals surface area (Å²) in [5.41, 5.74) is 6.43. The van der Waals surface area contributed by atoms with Crippen LogP contribution in [0.1, 0.15) is 23.7 Å². The number of ketones is 1. The van der Waals surface area contributed by atoms with Crippen LogP contribution < -0.4 is 10.8 Å². The van der Waals surface area contributed by atoms with Gasteiger partial charge in [0.2, 0.25) is 0 Å². The highest BCUT2D eigenvalue weighted by molar-refractivity contribution is 5.98. The lowest BCUT2D eigenvalue weighted by Gasteiger charge is -2.11. The highest BCUT2D eigenvalue weighted by atomic mass is 16.4. The van der Waals surface area contributed by atoms with Crippen molar-refractivity contribution in [3.8, 4) is 0 Å². The van der Waals surface area contributed by atoms with E-state index in [0.29, 0.717) is 11.3 Å². The Labute approximate surface area is 87.7 Å². The molecule has 0 heterocycles. The van der Waals surface area contributed by atoms with E-state index in [4.69, 9.17) is 5.73 Å². The molecule has 0 fully saturated rings. The molecule has 0 unspecified atom stereocenters. The average Bonchev–Trinajstić information content (AvgIpc) is 2.17. The molecule has 0 saturated carbocycles. The minimum Gasteiger partial charge on any atom is -0.550 e. The van der Waals surface area contributed by atoms with Crippen molar-refractivity contribution in [3.05, 3.63) is 29.8 Å². The third-order valence-corrected chi connectivity index (χ3v) is 2.10. The zero-order valence-electron chi connectivity index (χ0n) is 8.40. The number of hydrogen-bond acceptors (Lipinski definition) is 4. The van der Waals surface area contributed by atoms with Crippen LogP contribution in [-0.4, -0.2) is 11.8 Å². The van der Waals surface area contributed by atoms with Crippen molar-refractivity contribution < 1.29 is 14.7 Å². The molecule has 15 heavy (non-hydrogen) atoms. The van der Waals surface area contributed by atoms with E-state index in [1.165, 1.54) is 13.0 Å². The fraction of sp³-hybridized carbons (Fsp3) is 0.273. The number of hydrogen-bond donors (Lipinski definition) is 1. The summed E-state index contributed by atoms with van der Waals surface area (Å²) in [6.45, 7) is 1.44. The summed E-state index contributed by atoms with van der Waals surface area (Å²) in [5, 5.41) is 10.4. The second-order valence-electron chi connectivity index (χ2n) is 3.47. The number of carbonyl (C=O) groups is 2. The molecular formula is C11H12NO3-. The number of benzene rings is 1. The van der Waals surface area contributed by atoms with Crippen molar-refractivity contribution in [3.63, 3.8) is 0 Å². The second-order valence-corrected chi connectivity index (χ2v) is 3.47. The van der Waals surface area contributed by atoms with Crippen LogP contribution in [-0.2, 0) is 4.79 Å². The SMILES string of the molecule is C[C@@H](CC(=O)c1cccc(N)c1)C(=O)[O-]. The zero-order valence-corrected chi connectivity index (χ0v) is 8.40. The first-order valence-electron chi connectivity index (χ1n) is 4.60. The summed E-state index contributed by atoms with van der Waals surface area (Å²) >= 11 is 0. The molecule has 4 heteroatoms. The lowest BCUT2D eigenvalue weighted by atomic mass is 10.00. The van der Waals surface area contributed by atoms with E-state index >= 15 is 0 Å². The molecule has 2 N–H and O–H groups in total. The quantitative estimate of drug-likeness (QED) is 0.564. The highest BCUT2D eigenvalue weighted by Crippen LogP contribution is 2.12. The summed E-state index contributed by atoms with van der Waals surface area (Å²) in [6.07, 6.45) is -0.0637. The van der Waals surface area contributed by atoms with Gasteiger partial charge in [0, 0.05) is 29.6 Å². The van der Waals surface area contributed by atoms with E-state index in [0.717, 1.165) is 0 Å². The molecule has 0 aliphatic heterocycles. The molecule has 4 nitrogen and oxygen atoms in total. The molecule has 1 rings (SSSR count). The summed E-state index contributed by atoms with van der Waals surface area (Å²) in [6, 6.07) is 6.47. The van der Waals surface area contributed by atoms with Crippen LogP contribution in [0.2, 0.25) is 0 Å². The minimum atomic E-state index is -1.22. The molecule has 0 aliphatic rings. The van der Waals surface area contributed by atoms with Gasteiger partial charge in [-0.3, -0.25) is 4.79 Å². The first-order valence-corrected chi connectivity index (χ1v) is 4.60. The zero-order chi connectivity index (χ0) is 11.4. The Hall–Kier alpha value is -1.84. The molecule has 0 radical (unpaired) electrons. The van der Waals surface area contributed by atoms with Gasteiger partial charge in [0.25, 0.3) is 0 Å². The van der Waals surface area contributed by atoms with Gasteiger partial charge in [-0.05, 0) is 12.1 Å². The average molecular weight is 206 g/mol. The minimum absolute atomic E-state index is 0.0637. The smallest absolute Gasteiger partial charge is 0.163 e. The predicted molar refractivity (Wildman–Crippen MR) is 54.0 cm³/mol. The Balaban J connectivity index is 2.73. The van der Waals surface area contributed by atoms with Crippen LogP contribution >= 0.6 is 0 Å². The molecule has 0 aliphatic carbocycles. The second kappa shape index (κ2) is 4.59. The van der Waals surface area contributed by atoms with Gasteiger partial charge in [-0.15, -0.1) is 0 Å². The van der Waals surface area contributed by atoms with Gasteiger partial charge >= 0.3 is 0 Å². The Kier molecular flexibility index (Phi) is 3.44. The standard InChI is InChI=1S/C11H13NO3/c1-7(11(14)15)5-10(13)8-3-2-4-9(12)6-8/h2-4,6-7H,5,12H2,1H3,(H,14,15)/p-1/t7-/m0/s1. The van der Waals surface area contributed by atoms with Crippen LogP contribution in [0.25, 0.3) is 0 Å². The summed E-state index contributed by atoms with van der Waals surface area (Å²) in [4.78, 5) is 22.0. The lowest BCUT2D eigenvalue weighted by Crippen LogP contribution is -2.30. The fourth-order valence-corrected chi connectivity index (χ4v) is 1.19. The van der Waals surface area contributed by atoms with E-state index < -0.39 is 11.9 Å². The van der Waals surface area contributed by atoms with Crippen LogP contribution in [0, 0.1) is 5.92 Å². The van der Waals surface area contributed by atoms with Crippen LogP contribution in [0.15, 0.2) is 24.3 Å². The Morgan fingerprint density at radius 1 is 1.47 bits per heavy atom. The van der Waals surface area contributed by atoms with E-state index in [1.54, 1.807) is 18.2 Å². The number of carboxylic acids is 1. The van der Waals surface area contributed by atoms with Gasteiger partial charge < -0.3 is 15.6 Å². The number of carboxylic acid groups (broad SMARTS) is 1. The van der Waals surface area contributed by atoms with Crippen LogP contribution in [0.3, 0.4) is 0 Å². The number of anilines is 1. The molecule has 1 aromatic rings. The van der Waals surface area contributed by atoms with Gasteiger partial charge in [0.05, 0.1) is 0 Å². The number of Topliss-reactive ketones (excluding diaryl/α,β-unsaturated/α-hetero) is 1. The molecular weight excluding hydrogens is 194 g/mol. The Morgan fingerprint density at radius 2 is 2.13 bits per heavy atom. The first kappa shape index (κ1) is 11.2. The van der Waals surface area contributed by atoms with E-state index in [9.17, 15) is 14.7 Å². The monoisotopic (exact) mass is 206 g/mol. The van der Waals surface area contributed by atoms with Gasteiger partial charge in [-0.2, -0.15) is 0 Å². The van der Waals surface area contributed by atoms with Gasteiger partial charge in [0.15, 0.2) is 5.78 Å². The van der Waals surface area contributed by atoms with Gasteiger partial charge in [-0.1, -0.05) is 19.1 Å². The maximum Gasteiger partial charge on any atom is 0.163 e. The van der Waals surface area contributed by atoms with Crippen molar-refractivity contribution in [2.24, 2.45) is 5.92 Å². The van der Waals surface area contributed by atoms with Crippen LogP contribution in [0.5, 0.6) is 0 Å². The summed E-state index contributed by atoms with van der Waals surface area (Å²) in [5.74, 6) is -2.23. The maximum absolute atomic E-state index is 11.6. The van der Waals surface area contributed by atoms with Crippen molar-refractivity contribution in [2.45, 2.75) is 13.3 Å². The number of aliphatic carboxylic acids is 1. The van der Waals surface area contributed by atoms with Crippen molar-refractivity contribution >= 4 is 17.4 Å². The fourth-order valence-electron chi connectivity index (χ4n) is 1.19.